The van der Waals surface area contributed by atoms with Crippen LogP contribution in [-0.4, -0.2) is 40.3 Å². The first kappa shape index (κ1) is 25.0. The van der Waals surface area contributed by atoms with Crippen LogP contribution in [-0.2, 0) is 22.6 Å². The molecule has 4 rings (SSSR count). The molecule has 0 saturated heterocycles. The van der Waals surface area contributed by atoms with E-state index in [4.69, 9.17) is 5.73 Å². The number of nitrogens with one attached hydrogen (secondary N) is 1. The molecule has 0 unspecified atom stereocenters. The van der Waals surface area contributed by atoms with Gasteiger partial charge in [0.2, 0.25) is 5.95 Å². The van der Waals surface area contributed by atoms with Crippen LogP contribution in [0, 0.1) is 0 Å². The number of benzene rings is 2. The maximum Gasteiger partial charge on any atom is 0.435 e. The quantitative estimate of drug-likeness (QED) is 0.401. The zero-order valence-electron chi connectivity index (χ0n) is 18.7. The highest BCUT2D eigenvalue weighted by molar-refractivity contribution is 7.90. The molecule has 2 aromatic heterocycles. The van der Waals surface area contributed by atoms with Gasteiger partial charge in [-0.3, -0.25) is 10.1 Å². The van der Waals surface area contributed by atoms with Gasteiger partial charge < -0.3 is 5.73 Å². The van der Waals surface area contributed by atoms with Crippen LogP contribution in [0.1, 0.15) is 21.7 Å². The lowest BCUT2D eigenvalue weighted by Crippen LogP contribution is -2.18. The lowest BCUT2D eigenvalue weighted by atomic mass is 10.1. The molecule has 13 heteroatoms. The molecule has 0 spiro atoms. The normalized spacial score (nSPS) is 11.9. The molecule has 0 atom stereocenters. The summed E-state index contributed by atoms with van der Waals surface area (Å²) in [5.41, 5.74) is 5.56. The molecule has 186 valence electrons. The maximum atomic E-state index is 13.4. The van der Waals surface area contributed by atoms with Crippen molar-refractivity contribution < 1.29 is 26.4 Å². The molecular weight excluding hydrogens is 497 g/mol. The third-order valence-corrected chi connectivity index (χ3v) is 6.25. The van der Waals surface area contributed by atoms with Crippen molar-refractivity contribution in [2.24, 2.45) is 5.73 Å². The molecule has 0 radical (unpaired) electrons. The molecule has 3 N–H and O–H groups in total. The van der Waals surface area contributed by atoms with Crippen molar-refractivity contribution in [3.05, 3.63) is 83.9 Å². The van der Waals surface area contributed by atoms with Crippen molar-refractivity contribution in [2.45, 2.75) is 17.6 Å². The highest BCUT2D eigenvalue weighted by Gasteiger charge is 2.36. The standard InChI is InChI=1S/C23H19F3N6O3S/c1-36(34,35)19-8-3-2-7-17(19)15-12-28-22(29-13-15)30-21(33)18-10-20(23(24,25)26)31-32(18)16-6-4-5-14(9-16)11-27/h2-10,12-13H,11,27H2,1H3,(H,28,29,30,33). The molecule has 1 amide bonds. The Bertz CT molecular complexity index is 1530. The number of sulfone groups is 1. The molecule has 0 aliphatic carbocycles. The van der Waals surface area contributed by atoms with Gasteiger partial charge in [-0.2, -0.15) is 18.3 Å². The van der Waals surface area contributed by atoms with E-state index < -0.39 is 33.3 Å². The van der Waals surface area contributed by atoms with Gasteiger partial charge in [0.1, 0.15) is 5.69 Å². The Labute approximate surface area is 203 Å². The van der Waals surface area contributed by atoms with Crippen molar-refractivity contribution in [1.82, 2.24) is 19.7 Å². The Morgan fingerprint density at radius 1 is 1.06 bits per heavy atom. The van der Waals surface area contributed by atoms with Crippen molar-refractivity contribution in [1.29, 1.82) is 0 Å². The summed E-state index contributed by atoms with van der Waals surface area (Å²) in [6.07, 6.45) is -1.11. The zero-order chi connectivity index (χ0) is 26.1. The van der Waals surface area contributed by atoms with Gasteiger partial charge in [-0.1, -0.05) is 30.3 Å². The Morgan fingerprint density at radius 2 is 1.75 bits per heavy atom. The first-order chi connectivity index (χ1) is 17.0. The number of carbonyl (C=O) groups is 1. The van der Waals surface area contributed by atoms with Crippen LogP contribution in [0.5, 0.6) is 0 Å². The summed E-state index contributed by atoms with van der Waals surface area (Å²) in [7, 11) is -3.53. The summed E-state index contributed by atoms with van der Waals surface area (Å²) >= 11 is 0. The molecule has 9 nitrogen and oxygen atoms in total. The van der Waals surface area contributed by atoms with E-state index in [1.165, 1.54) is 30.6 Å². The van der Waals surface area contributed by atoms with Crippen LogP contribution >= 0.6 is 0 Å². The molecule has 0 fully saturated rings. The predicted octanol–water partition coefficient (Wildman–Crippen LogP) is 3.46. The number of halogens is 3. The zero-order valence-corrected chi connectivity index (χ0v) is 19.5. The van der Waals surface area contributed by atoms with Gasteiger partial charge in [-0.05, 0) is 23.8 Å². The molecule has 0 aliphatic rings. The molecule has 36 heavy (non-hydrogen) atoms. The topological polar surface area (TPSA) is 133 Å². The van der Waals surface area contributed by atoms with Crippen LogP contribution in [0.3, 0.4) is 0 Å². The van der Waals surface area contributed by atoms with E-state index in [1.807, 2.05) is 0 Å². The number of anilines is 1. The Balaban J connectivity index is 1.66. The fraction of sp³-hybridized carbons (Fsp3) is 0.130. The van der Waals surface area contributed by atoms with Gasteiger partial charge in [0.15, 0.2) is 15.5 Å². The van der Waals surface area contributed by atoms with Crippen molar-refractivity contribution >= 4 is 21.7 Å². The van der Waals surface area contributed by atoms with Crippen molar-refractivity contribution in [3.63, 3.8) is 0 Å². The number of carbonyl (C=O) groups excluding carboxylic acids is 1. The highest BCUT2D eigenvalue weighted by atomic mass is 32.2. The van der Waals surface area contributed by atoms with E-state index in [1.54, 1.807) is 30.3 Å². The van der Waals surface area contributed by atoms with Gasteiger partial charge in [0.05, 0.1) is 10.6 Å². The molecule has 0 bridgehead atoms. The largest absolute Gasteiger partial charge is 0.435 e. The van der Waals surface area contributed by atoms with E-state index in [9.17, 15) is 26.4 Å². The summed E-state index contributed by atoms with van der Waals surface area (Å²) in [4.78, 5) is 21.0. The monoisotopic (exact) mass is 516 g/mol. The summed E-state index contributed by atoms with van der Waals surface area (Å²) in [5, 5.41) is 5.92. The molecular formula is C23H19F3N6O3S. The second-order valence-electron chi connectivity index (χ2n) is 7.72. The van der Waals surface area contributed by atoms with Crippen LogP contribution in [0.25, 0.3) is 16.8 Å². The molecule has 2 aromatic carbocycles. The molecule has 4 aromatic rings. The van der Waals surface area contributed by atoms with Gasteiger partial charge in [0.25, 0.3) is 5.91 Å². The third-order valence-electron chi connectivity index (χ3n) is 5.10. The van der Waals surface area contributed by atoms with E-state index in [0.29, 0.717) is 22.8 Å². The fourth-order valence-electron chi connectivity index (χ4n) is 3.42. The predicted molar refractivity (Wildman–Crippen MR) is 125 cm³/mol. The van der Waals surface area contributed by atoms with E-state index in [2.05, 4.69) is 20.4 Å². The number of aromatic nitrogens is 4. The second-order valence-corrected chi connectivity index (χ2v) is 9.70. The van der Waals surface area contributed by atoms with E-state index >= 15 is 0 Å². The van der Waals surface area contributed by atoms with Crippen molar-refractivity contribution in [2.75, 3.05) is 11.6 Å². The number of nitrogens with zero attached hydrogens (tertiary/aromatic N) is 4. The van der Waals surface area contributed by atoms with Crippen LogP contribution in [0.2, 0.25) is 0 Å². The number of alkyl halides is 3. The SMILES string of the molecule is CS(=O)(=O)c1ccccc1-c1cnc(NC(=O)c2cc(C(F)(F)F)nn2-c2cccc(CN)c2)nc1. The summed E-state index contributed by atoms with van der Waals surface area (Å²) < 4.78 is 65.1. The van der Waals surface area contributed by atoms with Crippen LogP contribution in [0.15, 0.2) is 71.9 Å². The maximum absolute atomic E-state index is 13.4. The minimum atomic E-state index is -4.78. The summed E-state index contributed by atoms with van der Waals surface area (Å²) in [6, 6.07) is 13.2. The fourth-order valence-corrected chi connectivity index (χ4v) is 4.33. The van der Waals surface area contributed by atoms with Crippen LogP contribution < -0.4 is 11.1 Å². The van der Waals surface area contributed by atoms with Gasteiger partial charge in [0, 0.05) is 42.4 Å². The van der Waals surface area contributed by atoms with E-state index in [-0.39, 0.29) is 23.1 Å². The number of hydrogen-bond acceptors (Lipinski definition) is 7. The van der Waals surface area contributed by atoms with E-state index in [0.717, 1.165) is 10.9 Å². The minimum Gasteiger partial charge on any atom is -0.326 e. The molecule has 0 aliphatic heterocycles. The number of nitrogens with two attached hydrogens (primary N) is 1. The minimum absolute atomic E-state index is 0.0775. The summed E-state index contributed by atoms with van der Waals surface area (Å²) in [6.45, 7) is 0.144. The Hall–Kier alpha value is -4.10. The summed E-state index contributed by atoms with van der Waals surface area (Å²) in [5.74, 6) is -1.13. The first-order valence-corrected chi connectivity index (χ1v) is 12.3. The lowest BCUT2D eigenvalue weighted by Gasteiger charge is -2.10. The van der Waals surface area contributed by atoms with Gasteiger partial charge in [-0.15, -0.1) is 0 Å². The second kappa shape index (κ2) is 9.51. The number of hydrogen-bond donors (Lipinski definition) is 2. The van der Waals surface area contributed by atoms with Crippen LogP contribution in [0.4, 0.5) is 19.1 Å². The Morgan fingerprint density at radius 3 is 2.39 bits per heavy atom. The van der Waals surface area contributed by atoms with Crippen molar-refractivity contribution in [3.8, 4) is 16.8 Å². The van der Waals surface area contributed by atoms with Gasteiger partial charge in [-0.25, -0.2) is 23.1 Å². The number of amides is 1. The number of rotatable bonds is 6. The van der Waals surface area contributed by atoms with Gasteiger partial charge >= 0.3 is 6.18 Å². The first-order valence-electron chi connectivity index (χ1n) is 10.4. The lowest BCUT2D eigenvalue weighted by molar-refractivity contribution is -0.141. The average molecular weight is 517 g/mol. The molecule has 2 heterocycles. The highest BCUT2D eigenvalue weighted by Crippen LogP contribution is 2.30. The third kappa shape index (κ3) is 5.26. The average Bonchev–Trinajstić information content (AvgIpc) is 3.31. The smallest absolute Gasteiger partial charge is 0.326 e. The molecule has 0 saturated carbocycles. The Kier molecular flexibility index (Phi) is 6.61.